The molecule has 0 bridgehead atoms. The number of hydrogen-bond donors (Lipinski definition) is 1. The first-order valence-electron chi connectivity index (χ1n) is 5.87. The Morgan fingerprint density at radius 2 is 2.00 bits per heavy atom. The van der Waals surface area contributed by atoms with Crippen molar-refractivity contribution in [1.29, 1.82) is 0 Å². The van der Waals surface area contributed by atoms with Crippen LogP contribution >= 0.6 is 0 Å². The fourth-order valence-electron chi connectivity index (χ4n) is 1.44. The highest BCUT2D eigenvalue weighted by molar-refractivity contribution is 5.76. The molecule has 102 valence electrons. The average molecular weight is 269 g/mol. The van der Waals surface area contributed by atoms with Crippen molar-refractivity contribution in [2.45, 2.75) is 25.9 Å². The quantitative estimate of drug-likeness (QED) is 0.840. The largest absolute Gasteiger partial charge is 0.417 e. The second kappa shape index (κ2) is 6.83. The van der Waals surface area contributed by atoms with Crippen LogP contribution in [0, 0.1) is 11.8 Å². The molecule has 0 atom stereocenters. The lowest BCUT2D eigenvalue weighted by molar-refractivity contribution is -0.137. The third kappa shape index (κ3) is 5.04. The molecular weight excluding hydrogens is 255 g/mol. The summed E-state index contributed by atoms with van der Waals surface area (Å²) < 4.78 is 37.9. The van der Waals surface area contributed by atoms with Crippen molar-refractivity contribution < 1.29 is 18.0 Å². The van der Waals surface area contributed by atoms with Crippen LogP contribution in [0.25, 0.3) is 0 Å². The molecule has 0 saturated heterocycles. The van der Waals surface area contributed by atoms with Gasteiger partial charge in [-0.1, -0.05) is 30.9 Å². The molecule has 0 radical (unpaired) electrons. The summed E-state index contributed by atoms with van der Waals surface area (Å²) in [6.45, 7) is 1.91. The third-order valence-electron chi connectivity index (χ3n) is 2.31. The number of carbonyl (C=O) groups excluding carboxylic acids is 1. The Morgan fingerprint density at radius 1 is 1.32 bits per heavy atom. The van der Waals surface area contributed by atoms with Crippen molar-refractivity contribution in [3.8, 4) is 11.8 Å². The van der Waals surface area contributed by atoms with Gasteiger partial charge in [-0.2, -0.15) is 13.2 Å². The van der Waals surface area contributed by atoms with Crippen molar-refractivity contribution in [3.63, 3.8) is 0 Å². The Labute approximate surface area is 110 Å². The zero-order chi connectivity index (χ0) is 14.3. The molecule has 0 aliphatic carbocycles. The molecule has 5 heteroatoms. The lowest BCUT2D eigenvalue weighted by Gasteiger charge is -2.08. The van der Waals surface area contributed by atoms with Crippen LogP contribution in [0.4, 0.5) is 13.2 Å². The van der Waals surface area contributed by atoms with E-state index in [1.807, 2.05) is 6.92 Å². The fraction of sp³-hybridized carbons (Fsp3) is 0.357. The smallest absolute Gasteiger partial charge is 0.345 e. The molecule has 1 amide bonds. The molecule has 0 saturated carbocycles. The van der Waals surface area contributed by atoms with E-state index in [0.29, 0.717) is 6.42 Å². The van der Waals surface area contributed by atoms with Gasteiger partial charge in [-0.3, -0.25) is 4.79 Å². The lowest BCUT2D eigenvalue weighted by atomic mass is 10.1. The van der Waals surface area contributed by atoms with Gasteiger partial charge in [-0.15, -0.1) is 0 Å². The van der Waals surface area contributed by atoms with E-state index < -0.39 is 11.7 Å². The van der Waals surface area contributed by atoms with Gasteiger partial charge in [0, 0.05) is 12.0 Å². The Morgan fingerprint density at radius 3 is 2.63 bits per heavy atom. The molecule has 0 aliphatic heterocycles. The van der Waals surface area contributed by atoms with Gasteiger partial charge in [0.1, 0.15) is 0 Å². The van der Waals surface area contributed by atoms with Crippen molar-refractivity contribution in [2.24, 2.45) is 0 Å². The van der Waals surface area contributed by atoms with Crippen LogP contribution in [-0.2, 0) is 11.0 Å². The second-order valence-corrected chi connectivity index (χ2v) is 3.87. The first-order valence-corrected chi connectivity index (χ1v) is 5.87. The minimum Gasteiger partial charge on any atom is -0.345 e. The van der Waals surface area contributed by atoms with Gasteiger partial charge in [-0.05, 0) is 18.6 Å². The summed E-state index contributed by atoms with van der Waals surface area (Å²) in [5.74, 6) is 4.80. The number of amides is 1. The number of halogens is 3. The summed E-state index contributed by atoms with van der Waals surface area (Å²) in [5.41, 5.74) is -0.845. The van der Waals surface area contributed by atoms with Gasteiger partial charge in [0.05, 0.1) is 12.1 Å². The van der Waals surface area contributed by atoms with Gasteiger partial charge in [0.25, 0.3) is 0 Å². The molecule has 0 heterocycles. The summed E-state index contributed by atoms with van der Waals surface area (Å²) >= 11 is 0. The Hall–Kier alpha value is -1.96. The zero-order valence-corrected chi connectivity index (χ0v) is 10.5. The van der Waals surface area contributed by atoms with E-state index in [-0.39, 0.29) is 18.0 Å². The van der Waals surface area contributed by atoms with Crippen LogP contribution in [0.5, 0.6) is 0 Å². The van der Waals surface area contributed by atoms with Crippen LogP contribution in [-0.4, -0.2) is 12.5 Å². The molecule has 1 aromatic carbocycles. The highest BCUT2D eigenvalue weighted by atomic mass is 19.4. The molecule has 1 rings (SSSR count). The first-order chi connectivity index (χ1) is 8.95. The molecule has 1 aromatic rings. The number of nitrogens with one attached hydrogen (secondary N) is 1. The number of benzene rings is 1. The second-order valence-electron chi connectivity index (χ2n) is 3.87. The van der Waals surface area contributed by atoms with Crippen LogP contribution in [0.3, 0.4) is 0 Å². The fourth-order valence-corrected chi connectivity index (χ4v) is 1.44. The van der Waals surface area contributed by atoms with Gasteiger partial charge < -0.3 is 5.32 Å². The maximum absolute atomic E-state index is 12.6. The average Bonchev–Trinajstić information content (AvgIpc) is 2.34. The first kappa shape index (κ1) is 15.1. The lowest BCUT2D eigenvalue weighted by Crippen LogP contribution is -2.22. The Bertz CT molecular complexity index is 497. The van der Waals surface area contributed by atoms with E-state index in [4.69, 9.17) is 0 Å². The number of carbonyl (C=O) groups is 1. The van der Waals surface area contributed by atoms with Gasteiger partial charge in [-0.25, -0.2) is 0 Å². The number of hydrogen-bond acceptors (Lipinski definition) is 1. The molecule has 0 unspecified atom stereocenters. The van der Waals surface area contributed by atoms with Crippen molar-refractivity contribution in [3.05, 3.63) is 35.4 Å². The predicted molar refractivity (Wildman–Crippen MR) is 66.2 cm³/mol. The van der Waals surface area contributed by atoms with Crippen LogP contribution in [0.15, 0.2) is 24.3 Å². The van der Waals surface area contributed by atoms with Gasteiger partial charge in [0.2, 0.25) is 5.91 Å². The van der Waals surface area contributed by atoms with Crippen LogP contribution in [0.1, 0.15) is 30.9 Å². The SMILES string of the molecule is CCCC(=O)NCC#Cc1ccccc1C(F)(F)F. The molecule has 19 heavy (non-hydrogen) atoms. The Balaban J connectivity index is 2.71. The van der Waals surface area contributed by atoms with Crippen molar-refractivity contribution >= 4 is 5.91 Å². The molecule has 1 N–H and O–H groups in total. The van der Waals surface area contributed by atoms with Crippen LogP contribution < -0.4 is 5.32 Å². The van der Waals surface area contributed by atoms with E-state index in [2.05, 4.69) is 17.2 Å². The maximum Gasteiger partial charge on any atom is 0.417 e. The van der Waals surface area contributed by atoms with E-state index in [1.54, 1.807) is 0 Å². The van der Waals surface area contributed by atoms with E-state index in [9.17, 15) is 18.0 Å². The monoisotopic (exact) mass is 269 g/mol. The molecule has 0 spiro atoms. The van der Waals surface area contributed by atoms with E-state index in [0.717, 1.165) is 12.5 Å². The number of rotatable bonds is 3. The van der Waals surface area contributed by atoms with Crippen molar-refractivity contribution in [2.75, 3.05) is 6.54 Å². The summed E-state index contributed by atoms with van der Waals surface area (Å²) in [7, 11) is 0. The Kier molecular flexibility index (Phi) is 5.43. The zero-order valence-electron chi connectivity index (χ0n) is 10.5. The number of alkyl halides is 3. The van der Waals surface area contributed by atoms with Gasteiger partial charge >= 0.3 is 6.18 Å². The molecule has 0 aliphatic rings. The van der Waals surface area contributed by atoms with E-state index >= 15 is 0 Å². The maximum atomic E-state index is 12.6. The van der Waals surface area contributed by atoms with Crippen molar-refractivity contribution in [1.82, 2.24) is 5.32 Å². The summed E-state index contributed by atoms with van der Waals surface area (Å²) in [5, 5.41) is 2.52. The molecule has 2 nitrogen and oxygen atoms in total. The van der Waals surface area contributed by atoms with Gasteiger partial charge in [0.15, 0.2) is 0 Å². The topological polar surface area (TPSA) is 29.1 Å². The molecule has 0 aromatic heterocycles. The molecular formula is C14H14F3NO. The predicted octanol–water partition coefficient (Wildman–Crippen LogP) is 2.97. The highest BCUT2D eigenvalue weighted by Crippen LogP contribution is 2.31. The minimum absolute atomic E-state index is 0.0467. The third-order valence-corrected chi connectivity index (χ3v) is 2.31. The summed E-state index contributed by atoms with van der Waals surface area (Å²) in [6.07, 6.45) is -3.31. The standard InChI is InChI=1S/C14H14F3NO/c1-2-6-13(19)18-10-5-8-11-7-3-4-9-12(11)14(15,16)17/h3-4,7,9H,2,6,10H2,1H3,(H,18,19). The highest BCUT2D eigenvalue weighted by Gasteiger charge is 2.32. The summed E-state index contributed by atoms with van der Waals surface area (Å²) in [6, 6.07) is 5.11. The molecule has 0 fully saturated rings. The summed E-state index contributed by atoms with van der Waals surface area (Å²) in [4.78, 5) is 11.1. The van der Waals surface area contributed by atoms with E-state index in [1.165, 1.54) is 18.2 Å². The normalized spacial score (nSPS) is 10.5. The van der Waals surface area contributed by atoms with Crippen LogP contribution in [0.2, 0.25) is 0 Å². The minimum atomic E-state index is -4.42.